The molecule has 0 spiro atoms. The van der Waals surface area contributed by atoms with Gasteiger partial charge in [-0.1, -0.05) is 53.5 Å². The van der Waals surface area contributed by atoms with Gasteiger partial charge in [0.25, 0.3) is 0 Å². The van der Waals surface area contributed by atoms with Crippen molar-refractivity contribution in [3.05, 3.63) is 93.4 Å². The third-order valence-corrected chi connectivity index (χ3v) is 5.78. The number of aryl methyl sites for hydroxylation is 1. The lowest BCUT2D eigenvalue weighted by atomic mass is 9.85. The molecule has 6 heteroatoms. The molecule has 4 nitrogen and oxygen atoms in total. The molecule has 2 aromatic heterocycles. The fourth-order valence-corrected chi connectivity index (χ4v) is 3.73. The van der Waals surface area contributed by atoms with Crippen LogP contribution in [-0.4, -0.2) is 20.2 Å². The highest BCUT2D eigenvalue weighted by molar-refractivity contribution is 6.41. The maximum absolute atomic E-state index is 11.0. The lowest BCUT2D eigenvalue weighted by Gasteiger charge is -2.20. The van der Waals surface area contributed by atoms with Crippen molar-refractivity contribution in [2.45, 2.75) is 19.3 Å². The van der Waals surface area contributed by atoms with Gasteiger partial charge in [0.15, 0.2) is 0 Å². The second kappa shape index (κ2) is 7.90. The molecule has 2 N–H and O–H groups in total. The van der Waals surface area contributed by atoms with Crippen molar-refractivity contribution in [1.29, 1.82) is 0 Å². The van der Waals surface area contributed by atoms with Gasteiger partial charge < -0.3 is 10.2 Å². The molecular weight excluding hydrogens is 407 g/mol. The third kappa shape index (κ3) is 3.86. The first-order chi connectivity index (χ1) is 13.9. The van der Waals surface area contributed by atoms with Crippen LogP contribution >= 0.6 is 23.2 Å². The molecule has 29 heavy (non-hydrogen) atoms. The highest BCUT2D eigenvalue weighted by Gasteiger charge is 2.22. The Labute approximate surface area is 178 Å². The summed E-state index contributed by atoms with van der Waals surface area (Å²) in [5.74, 6) is 0.0545. The van der Waals surface area contributed by atoms with Crippen LogP contribution in [0.2, 0.25) is 10.0 Å². The first-order valence-corrected chi connectivity index (χ1v) is 9.85. The van der Waals surface area contributed by atoms with Gasteiger partial charge in [0.1, 0.15) is 17.0 Å². The van der Waals surface area contributed by atoms with Gasteiger partial charge in [-0.2, -0.15) is 0 Å². The third-order valence-electron chi connectivity index (χ3n) is 5.07. The first kappa shape index (κ1) is 19.5. The average Bonchev–Trinajstić information content (AvgIpc) is 2.72. The van der Waals surface area contributed by atoms with Crippen molar-refractivity contribution in [2.24, 2.45) is 0 Å². The minimum absolute atomic E-state index is 0.119. The van der Waals surface area contributed by atoms with E-state index in [0.717, 1.165) is 22.2 Å². The molecule has 2 aromatic carbocycles. The molecule has 2 heterocycles. The number of benzene rings is 2. The molecular formula is C23H18Cl2N2O2. The summed E-state index contributed by atoms with van der Waals surface area (Å²) in [6, 6.07) is 14.8. The average molecular weight is 425 g/mol. The maximum atomic E-state index is 11.0. The van der Waals surface area contributed by atoms with Crippen molar-refractivity contribution in [1.82, 2.24) is 9.97 Å². The zero-order valence-corrected chi connectivity index (χ0v) is 17.1. The molecule has 0 amide bonds. The molecule has 0 fully saturated rings. The van der Waals surface area contributed by atoms with Crippen molar-refractivity contribution in [3.63, 3.8) is 0 Å². The summed E-state index contributed by atoms with van der Waals surface area (Å²) >= 11 is 12.2. The monoisotopic (exact) mass is 424 g/mol. The predicted octanol–water partition coefficient (Wildman–Crippen LogP) is 6.03. The van der Waals surface area contributed by atoms with Gasteiger partial charge >= 0.3 is 0 Å². The summed E-state index contributed by atoms with van der Waals surface area (Å²) in [5.41, 5.74) is 3.60. The normalized spacial score (nSPS) is 12.2. The lowest BCUT2D eigenvalue weighted by molar-refractivity contribution is 0.465. The minimum Gasteiger partial charge on any atom is -0.508 e. The number of aromatic hydroxyl groups is 2. The molecule has 1 atom stereocenters. The molecule has 0 aliphatic carbocycles. The first-order valence-electron chi connectivity index (χ1n) is 9.10. The number of nitrogens with zero attached hydrogens (tertiary/aromatic N) is 2. The Balaban J connectivity index is 1.86. The topological polar surface area (TPSA) is 66.2 Å². The summed E-state index contributed by atoms with van der Waals surface area (Å²) < 4.78 is 0. The van der Waals surface area contributed by atoms with Crippen molar-refractivity contribution < 1.29 is 10.2 Å². The molecule has 0 aliphatic heterocycles. The zero-order valence-electron chi connectivity index (χ0n) is 15.6. The van der Waals surface area contributed by atoms with Crippen LogP contribution in [0.25, 0.3) is 10.9 Å². The van der Waals surface area contributed by atoms with Crippen LogP contribution in [0.15, 0.2) is 60.9 Å². The van der Waals surface area contributed by atoms with E-state index in [9.17, 15) is 10.2 Å². The van der Waals surface area contributed by atoms with E-state index in [0.29, 0.717) is 27.5 Å². The van der Waals surface area contributed by atoms with Gasteiger partial charge in [0.05, 0.1) is 10.0 Å². The van der Waals surface area contributed by atoms with Crippen LogP contribution in [-0.2, 0) is 6.42 Å². The zero-order chi connectivity index (χ0) is 20.5. The fourth-order valence-electron chi connectivity index (χ4n) is 3.45. The van der Waals surface area contributed by atoms with E-state index in [-0.39, 0.29) is 17.4 Å². The molecule has 4 rings (SSSR count). The predicted molar refractivity (Wildman–Crippen MR) is 116 cm³/mol. The van der Waals surface area contributed by atoms with E-state index in [1.54, 1.807) is 18.3 Å². The number of aromatic nitrogens is 2. The van der Waals surface area contributed by atoms with E-state index in [1.807, 2.05) is 43.3 Å². The number of hydrogen-bond acceptors (Lipinski definition) is 4. The van der Waals surface area contributed by atoms with Crippen molar-refractivity contribution >= 4 is 34.1 Å². The maximum Gasteiger partial charge on any atom is 0.145 e. The molecule has 1 unspecified atom stereocenters. The molecule has 4 aromatic rings. The number of rotatable bonds is 4. The number of fused-ring (bicyclic) bond motifs is 1. The second-order valence-corrected chi connectivity index (χ2v) is 7.79. The lowest BCUT2D eigenvalue weighted by Crippen LogP contribution is -2.07. The van der Waals surface area contributed by atoms with Crippen molar-refractivity contribution in [2.75, 3.05) is 0 Å². The van der Waals surface area contributed by atoms with Gasteiger partial charge in [-0.25, -0.2) is 0 Å². The largest absolute Gasteiger partial charge is 0.508 e. The van der Waals surface area contributed by atoms with Gasteiger partial charge in [-0.05, 0) is 36.2 Å². The van der Waals surface area contributed by atoms with E-state index < -0.39 is 0 Å². The highest BCUT2D eigenvalue weighted by Crippen LogP contribution is 2.39. The Morgan fingerprint density at radius 3 is 2.55 bits per heavy atom. The van der Waals surface area contributed by atoms with Crippen LogP contribution in [0.4, 0.5) is 0 Å². The van der Waals surface area contributed by atoms with E-state index in [1.165, 1.54) is 6.20 Å². The second-order valence-electron chi connectivity index (χ2n) is 6.97. The smallest absolute Gasteiger partial charge is 0.145 e. The quantitative estimate of drug-likeness (QED) is 0.419. The molecule has 146 valence electrons. The van der Waals surface area contributed by atoms with E-state index in [4.69, 9.17) is 23.2 Å². The SMILES string of the molecule is Cc1ccc(C(Cc2cc(Cl)c(Cl)cn2)c2ccc3cccnc3c2O)cc1O. The van der Waals surface area contributed by atoms with E-state index >= 15 is 0 Å². The van der Waals surface area contributed by atoms with Crippen LogP contribution in [0.5, 0.6) is 11.5 Å². The standard InChI is InChI=1S/C23H18Cl2N2O2/c1-13-4-5-15(9-21(13)28)18(10-16-11-19(24)20(25)12-27-16)17-7-6-14-3-2-8-26-22(14)23(17)29/h2-9,11-12,18,28-29H,10H2,1H3. The van der Waals surface area contributed by atoms with Gasteiger partial charge in [0, 0.05) is 41.4 Å². The van der Waals surface area contributed by atoms with Crippen LogP contribution in [0, 0.1) is 6.92 Å². The Morgan fingerprint density at radius 1 is 0.966 bits per heavy atom. The number of phenolic OH excluding ortho intramolecular Hbond substituents is 2. The summed E-state index contributed by atoms with van der Waals surface area (Å²) in [7, 11) is 0. The summed E-state index contributed by atoms with van der Waals surface area (Å²) in [6.45, 7) is 1.84. The highest BCUT2D eigenvalue weighted by atomic mass is 35.5. The molecule has 0 aliphatic rings. The van der Waals surface area contributed by atoms with E-state index in [2.05, 4.69) is 9.97 Å². The molecule has 0 radical (unpaired) electrons. The fraction of sp³-hybridized carbons (Fsp3) is 0.130. The van der Waals surface area contributed by atoms with Crippen molar-refractivity contribution in [3.8, 4) is 11.5 Å². The van der Waals surface area contributed by atoms with Gasteiger partial charge in [-0.15, -0.1) is 0 Å². The van der Waals surface area contributed by atoms with Gasteiger partial charge in [-0.3, -0.25) is 9.97 Å². The minimum atomic E-state index is -0.266. The summed E-state index contributed by atoms with van der Waals surface area (Å²) in [5, 5.41) is 22.9. The number of phenols is 2. The Kier molecular flexibility index (Phi) is 5.31. The Hall–Kier alpha value is -2.82. The molecule has 0 bridgehead atoms. The van der Waals surface area contributed by atoms with Gasteiger partial charge in [0.2, 0.25) is 0 Å². The number of halogens is 2. The summed E-state index contributed by atoms with van der Waals surface area (Å²) in [6.07, 6.45) is 3.63. The molecule has 0 saturated carbocycles. The van der Waals surface area contributed by atoms with Crippen LogP contribution in [0.3, 0.4) is 0 Å². The van der Waals surface area contributed by atoms with Crippen LogP contribution < -0.4 is 0 Å². The Morgan fingerprint density at radius 2 is 1.79 bits per heavy atom. The number of hydrogen-bond donors (Lipinski definition) is 2. The Bertz CT molecular complexity index is 1210. The summed E-state index contributed by atoms with van der Waals surface area (Å²) in [4.78, 5) is 8.71. The molecule has 0 saturated heterocycles. The number of pyridine rings is 2. The van der Waals surface area contributed by atoms with Crippen LogP contribution in [0.1, 0.15) is 28.3 Å².